The molecule has 0 N–H and O–H groups in total. The highest BCUT2D eigenvalue weighted by Gasteiger charge is 2.13. The van der Waals surface area contributed by atoms with E-state index >= 15 is 0 Å². The highest BCUT2D eigenvalue weighted by Crippen LogP contribution is 2.26. The molecule has 1 aromatic carbocycles. The zero-order valence-electron chi connectivity index (χ0n) is 33.2. The number of hydrogen-bond donors (Lipinski definition) is 0. The summed E-state index contributed by atoms with van der Waals surface area (Å²) in [6.45, 7) is 48.1. The van der Waals surface area contributed by atoms with Crippen LogP contribution in [0.15, 0.2) is 64.7 Å². The van der Waals surface area contributed by atoms with Crippen molar-refractivity contribution in [3.63, 3.8) is 0 Å². The summed E-state index contributed by atoms with van der Waals surface area (Å²) >= 11 is 3.60. The standard InChI is InChI=1S/C10H14.2C8H12S.7C2H6.2CH4/c1-10(2,3)9-7-5-4-6-8-9;1-8(2,3)7-4-5-9-6-7;1-8(2,3)7-5-4-6-9-7;7*1-2;;/h4-8H,1-3H3;2*4-6H,1-3H3;7*1-2H3;2*1H4. The van der Waals surface area contributed by atoms with Crippen molar-refractivity contribution in [2.75, 3.05) is 0 Å². The third-order valence-electron chi connectivity index (χ3n) is 4.29. The molecule has 2 heteroatoms. The summed E-state index contributed by atoms with van der Waals surface area (Å²) < 4.78 is 0. The van der Waals surface area contributed by atoms with Gasteiger partial charge in [0, 0.05) is 4.88 Å². The fraction of sp³-hybridized carbons (Fsp3) is 0.667. The van der Waals surface area contributed by atoms with Gasteiger partial charge in [0.15, 0.2) is 0 Å². The van der Waals surface area contributed by atoms with Crippen LogP contribution in [0.2, 0.25) is 0 Å². The molecule has 0 atom stereocenters. The van der Waals surface area contributed by atoms with E-state index < -0.39 is 0 Å². The Hall–Kier alpha value is -1.38. The summed E-state index contributed by atoms with van der Waals surface area (Å²) in [6.07, 6.45) is 0. The molecule has 0 bridgehead atoms. The Kier molecular flexibility index (Phi) is 68.3. The summed E-state index contributed by atoms with van der Waals surface area (Å²) in [5.41, 5.74) is 3.80. The molecule has 2 heterocycles. The second kappa shape index (κ2) is 46.0. The van der Waals surface area contributed by atoms with Gasteiger partial charge in [-0.05, 0) is 55.6 Å². The van der Waals surface area contributed by atoms with Gasteiger partial charge in [-0.2, -0.15) is 11.3 Å². The molecule has 0 aliphatic rings. The zero-order valence-corrected chi connectivity index (χ0v) is 34.8. The predicted molar refractivity (Wildman–Crippen MR) is 224 cm³/mol. The first-order valence-electron chi connectivity index (χ1n) is 16.9. The van der Waals surface area contributed by atoms with E-state index in [4.69, 9.17) is 0 Å². The second-order valence-corrected chi connectivity index (χ2v) is 11.8. The molecule has 268 valence electrons. The molecule has 0 saturated heterocycles. The maximum atomic E-state index is 2.23. The Bertz CT molecular complexity index is 702. The van der Waals surface area contributed by atoms with Crippen LogP contribution in [0.5, 0.6) is 0 Å². The van der Waals surface area contributed by atoms with E-state index in [1.807, 2.05) is 108 Å². The van der Waals surface area contributed by atoms with Crippen molar-refractivity contribution in [1.29, 1.82) is 0 Å². The van der Waals surface area contributed by atoms with Crippen LogP contribution in [-0.2, 0) is 16.2 Å². The number of benzene rings is 1. The van der Waals surface area contributed by atoms with Crippen molar-refractivity contribution in [2.24, 2.45) is 0 Å². The van der Waals surface area contributed by atoms with E-state index in [0.717, 1.165) is 0 Å². The number of thiophene rings is 2. The molecule has 3 rings (SSSR count). The molecule has 0 fully saturated rings. The van der Waals surface area contributed by atoms with Crippen molar-refractivity contribution in [3.05, 3.63) is 80.7 Å². The van der Waals surface area contributed by atoms with Gasteiger partial charge in [0.2, 0.25) is 0 Å². The molecular formula is C42H88S2. The van der Waals surface area contributed by atoms with Crippen LogP contribution in [-0.4, -0.2) is 0 Å². The van der Waals surface area contributed by atoms with E-state index in [1.54, 1.807) is 11.3 Å². The van der Waals surface area contributed by atoms with E-state index in [1.165, 1.54) is 16.0 Å². The first kappa shape index (κ1) is 65.3. The molecule has 0 spiro atoms. The third-order valence-corrected chi connectivity index (χ3v) is 6.27. The van der Waals surface area contributed by atoms with Gasteiger partial charge in [0.25, 0.3) is 0 Å². The second-order valence-electron chi connectivity index (χ2n) is 10.1. The summed E-state index contributed by atoms with van der Waals surface area (Å²) in [7, 11) is 0. The summed E-state index contributed by atoms with van der Waals surface area (Å²) in [5.74, 6) is 0. The van der Waals surface area contributed by atoms with Crippen LogP contribution in [0.25, 0.3) is 0 Å². The fourth-order valence-corrected chi connectivity index (χ4v) is 4.03. The molecule has 0 unspecified atom stereocenters. The van der Waals surface area contributed by atoms with Crippen LogP contribution in [0, 0.1) is 0 Å². The maximum Gasteiger partial charge on any atom is 0.00987 e. The van der Waals surface area contributed by atoms with Gasteiger partial charge in [-0.1, -0.05) is 210 Å². The molecule has 0 saturated carbocycles. The molecule has 3 aromatic rings. The lowest BCUT2D eigenvalue weighted by molar-refractivity contribution is 0.590. The van der Waals surface area contributed by atoms with Gasteiger partial charge in [0.05, 0.1) is 0 Å². The van der Waals surface area contributed by atoms with Gasteiger partial charge in [0.1, 0.15) is 0 Å². The largest absolute Gasteiger partial charge is 0.152 e. The molecular weight excluding hydrogens is 569 g/mol. The topological polar surface area (TPSA) is 0 Å². The monoisotopic (exact) mass is 657 g/mol. The number of rotatable bonds is 0. The van der Waals surface area contributed by atoms with Gasteiger partial charge in [-0.25, -0.2) is 0 Å². The van der Waals surface area contributed by atoms with Gasteiger partial charge in [-0.3, -0.25) is 0 Å². The van der Waals surface area contributed by atoms with E-state index in [2.05, 4.69) is 127 Å². The normalized spacial score (nSPS) is 8.43. The minimum atomic E-state index is 0. The van der Waals surface area contributed by atoms with Crippen molar-refractivity contribution in [3.8, 4) is 0 Å². The molecule has 0 amide bonds. The van der Waals surface area contributed by atoms with Crippen LogP contribution in [0.3, 0.4) is 0 Å². The van der Waals surface area contributed by atoms with Gasteiger partial charge >= 0.3 is 0 Å². The van der Waals surface area contributed by atoms with E-state index in [9.17, 15) is 0 Å². The third kappa shape index (κ3) is 42.8. The summed E-state index contributed by atoms with van der Waals surface area (Å²) in [6, 6.07) is 17.0. The van der Waals surface area contributed by atoms with Crippen molar-refractivity contribution in [2.45, 2.75) is 190 Å². The molecule has 2 aromatic heterocycles. The Labute approximate surface area is 292 Å². The first-order valence-corrected chi connectivity index (χ1v) is 18.8. The van der Waals surface area contributed by atoms with E-state index in [0.29, 0.717) is 16.2 Å². The SMILES string of the molecule is C.C.CC.CC.CC.CC.CC.CC.CC.CC(C)(C)c1ccccc1.CC(C)(C)c1cccs1.CC(C)(C)c1ccsc1. The highest BCUT2D eigenvalue weighted by atomic mass is 32.1. The molecule has 0 aliphatic heterocycles. The van der Waals surface area contributed by atoms with Gasteiger partial charge < -0.3 is 0 Å². The average molecular weight is 657 g/mol. The lowest BCUT2D eigenvalue weighted by Gasteiger charge is -2.18. The molecule has 0 aliphatic carbocycles. The maximum absolute atomic E-state index is 2.23. The minimum Gasteiger partial charge on any atom is -0.152 e. The lowest BCUT2D eigenvalue weighted by atomic mass is 9.87. The Morgan fingerprint density at radius 1 is 0.386 bits per heavy atom. The average Bonchev–Trinajstić information content (AvgIpc) is 3.77. The van der Waals surface area contributed by atoms with Crippen LogP contribution in [0.4, 0.5) is 0 Å². The lowest BCUT2D eigenvalue weighted by Crippen LogP contribution is -2.10. The van der Waals surface area contributed by atoms with Gasteiger partial charge in [-0.15, -0.1) is 11.3 Å². The molecule has 0 radical (unpaired) electrons. The Balaban J connectivity index is -0.0000000488. The fourth-order valence-electron chi connectivity index (χ4n) is 2.33. The smallest absolute Gasteiger partial charge is 0.00987 e. The summed E-state index contributed by atoms with van der Waals surface area (Å²) in [5, 5.41) is 6.46. The van der Waals surface area contributed by atoms with Crippen LogP contribution < -0.4 is 0 Å². The minimum absolute atomic E-state index is 0. The van der Waals surface area contributed by atoms with Crippen molar-refractivity contribution >= 4 is 22.7 Å². The Morgan fingerprint density at radius 3 is 0.909 bits per heavy atom. The predicted octanol–water partition coefficient (Wildman–Crippen LogP) is 17.5. The quantitative estimate of drug-likeness (QED) is 0.226. The zero-order chi connectivity index (χ0) is 35.4. The van der Waals surface area contributed by atoms with Crippen LogP contribution in [0.1, 0.15) is 190 Å². The highest BCUT2D eigenvalue weighted by molar-refractivity contribution is 7.10. The summed E-state index contributed by atoms with van der Waals surface area (Å²) in [4.78, 5) is 1.46. The van der Waals surface area contributed by atoms with Crippen molar-refractivity contribution in [1.82, 2.24) is 0 Å². The number of hydrogen-bond acceptors (Lipinski definition) is 2. The molecule has 44 heavy (non-hydrogen) atoms. The van der Waals surface area contributed by atoms with Crippen LogP contribution >= 0.6 is 22.7 Å². The molecule has 0 nitrogen and oxygen atoms in total. The first-order chi connectivity index (χ1) is 19.8. The Morgan fingerprint density at radius 2 is 0.750 bits per heavy atom. The van der Waals surface area contributed by atoms with E-state index in [-0.39, 0.29) is 14.9 Å². The van der Waals surface area contributed by atoms with Crippen molar-refractivity contribution < 1.29 is 0 Å².